The molecule has 0 radical (unpaired) electrons. The molecule has 0 bridgehead atoms. The van der Waals surface area contributed by atoms with Crippen molar-refractivity contribution in [2.45, 2.75) is 19.8 Å². The van der Waals surface area contributed by atoms with Gasteiger partial charge < -0.3 is 9.47 Å². The van der Waals surface area contributed by atoms with Crippen molar-refractivity contribution in [2.75, 3.05) is 7.11 Å². The third-order valence-corrected chi connectivity index (χ3v) is 4.58. The lowest BCUT2D eigenvalue weighted by atomic mass is 10.0. The van der Waals surface area contributed by atoms with Gasteiger partial charge in [0, 0.05) is 12.8 Å². The van der Waals surface area contributed by atoms with E-state index < -0.39 is 17.3 Å². The summed E-state index contributed by atoms with van der Waals surface area (Å²) in [5.74, 6) is -0.598. The molecule has 1 N–H and O–H groups in total. The van der Waals surface area contributed by atoms with E-state index in [0.717, 1.165) is 4.68 Å². The van der Waals surface area contributed by atoms with Gasteiger partial charge in [-0.15, -0.1) is 0 Å². The highest BCUT2D eigenvalue weighted by atomic mass is 35.5. The Kier molecular flexibility index (Phi) is 6.19. The lowest BCUT2D eigenvalue weighted by Crippen LogP contribution is -2.21. The number of carbonyl (C=O) groups excluding carboxylic acids is 2. The summed E-state index contributed by atoms with van der Waals surface area (Å²) in [6, 6.07) is 13.5. The number of esters is 1. The summed E-state index contributed by atoms with van der Waals surface area (Å²) in [6.07, 6.45) is 0.0434. The summed E-state index contributed by atoms with van der Waals surface area (Å²) in [5, 5.41) is 3.00. The van der Waals surface area contributed by atoms with Crippen LogP contribution >= 0.6 is 11.6 Å². The summed E-state index contributed by atoms with van der Waals surface area (Å²) >= 11 is 6.18. The summed E-state index contributed by atoms with van der Waals surface area (Å²) < 4.78 is 11.4. The third-order valence-electron chi connectivity index (χ3n) is 4.26. The predicted octanol–water partition coefficient (Wildman–Crippen LogP) is 3.57. The number of nitrogens with zero attached hydrogens (tertiary/aromatic N) is 1. The first kappa shape index (κ1) is 20.4. The van der Waals surface area contributed by atoms with Gasteiger partial charge in [0.1, 0.15) is 11.3 Å². The zero-order valence-electron chi connectivity index (χ0n) is 15.9. The molecule has 0 atom stereocenters. The summed E-state index contributed by atoms with van der Waals surface area (Å²) in [4.78, 5) is 37.7. The number of Topliss-reactive ketones (excluding diaryl/α,β-unsaturated/α-hetero) is 1. The monoisotopic (exact) mass is 414 g/mol. The molecule has 0 aliphatic carbocycles. The Morgan fingerprint density at radius 3 is 2.41 bits per heavy atom. The molecule has 7 nitrogen and oxygen atoms in total. The maximum Gasteiger partial charge on any atom is 0.312 e. The predicted molar refractivity (Wildman–Crippen MR) is 108 cm³/mol. The normalized spacial score (nSPS) is 10.6. The van der Waals surface area contributed by atoms with Crippen molar-refractivity contribution in [1.82, 2.24) is 9.78 Å². The van der Waals surface area contributed by atoms with Crippen LogP contribution in [0.4, 0.5) is 0 Å². The molecule has 0 saturated heterocycles. The molecule has 0 unspecified atom stereocenters. The lowest BCUT2D eigenvalue weighted by molar-refractivity contribution is -0.134. The largest absolute Gasteiger partial charge is 0.497 e. The van der Waals surface area contributed by atoms with Gasteiger partial charge >= 0.3 is 5.97 Å². The molecule has 150 valence electrons. The van der Waals surface area contributed by atoms with E-state index in [9.17, 15) is 14.4 Å². The maximum absolute atomic E-state index is 13.0. The Balaban J connectivity index is 2.03. The van der Waals surface area contributed by atoms with Crippen molar-refractivity contribution >= 4 is 23.4 Å². The number of benzene rings is 2. The Bertz CT molecular complexity index is 1100. The van der Waals surface area contributed by atoms with Crippen LogP contribution in [0.5, 0.6) is 11.6 Å². The van der Waals surface area contributed by atoms with Crippen molar-refractivity contribution in [3.05, 3.63) is 75.0 Å². The van der Waals surface area contributed by atoms with Gasteiger partial charge in [-0.25, -0.2) is 4.68 Å². The van der Waals surface area contributed by atoms with Crippen LogP contribution in [-0.4, -0.2) is 28.6 Å². The Morgan fingerprint density at radius 2 is 1.79 bits per heavy atom. The number of halogens is 1. The van der Waals surface area contributed by atoms with Crippen molar-refractivity contribution in [2.24, 2.45) is 0 Å². The molecule has 3 aromatic rings. The van der Waals surface area contributed by atoms with Crippen LogP contribution in [-0.2, 0) is 11.2 Å². The van der Waals surface area contributed by atoms with Crippen LogP contribution in [0.1, 0.15) is 29.3 Å². The number of hydrogen-bond acceptors (Lipinski definition) is 5. The minimum atomic E-state index is -0.643. The fourth-order valence-electron chi connectivity index (χ4n) is 2.74. The fourth-order valence-corrected chi connectivity index (χ4v) is 2.96. The topological polar surface area (TPSA) is 90.4 Å². The van der Waals surface area contributed by atoms with Crippen LogP contribution < -0.4 is 15.0 Å². The van der Waals surface area contributed by atoms with Crippen molar-refractivity contribution in [1.29, 1.82) is 0 Å². The van der Waals surface area contributed by atoms with Crippen LogP contribution in [0.25, 0.3) is 5.69 Å². The van der Waals surface area contributed by atoms with E-state index in [4.69, 9.17) is 21.1 Å². The molecule has 0 amide bonds. The summed E-state index contributed by atoms with van der Waals surface area (Å²) in [6.45, 7) is 1.62. The average molecular weight is 415 g/mol. The van der Waals surface area contributed by atoms with Crippen LogP contribution in [0.3, 0.4) is 0 Å². The highest BCUT2D eigenvalue weighted by molar-refractivity contribution is 6.32. The molecule has 2 aromatic carbocycles. The number of H-pyrrole nitrogens is 1. The second kappa shape index (κ2) is 8.79. The van der Waals surface area contributed by atoms with Gasteiger partial charge in [0.25, 0.3) is 5.56 Å². The molecule has 1 heterocycles. The smallest absolute Gasteiger partial charge is 0.312 e. The molecular formula is C21H19ClN2O5. The first-order valence-electron chi connectivity index (χ1n) is 8.91. The van der Waals surface area contributed by atoms with Crippen LogP contribution in [0.15, 0.2) is 53.3 Å². The number of aromatic nitrogens is 2. The second-order valence-corrected chi connectivity index (χ2v) is 6.59. The van der Waals surface area contributed by atoms with Gasteiger partial charge in [-0.05, 0) is 29.8 Å². The molecule has 1 aromatic heterocycles. The minimum absolute atomic E-state index is 0.0454. The number of para-hydroxylation sites is 1. The highest BCUT2D eigenvalue weighted by Crippen LogP contribution is 2.22. The Morgan fingerprint density at radius 1 is 1.10 bits per heavy atom. The number of hydrogen-bond donors (Lipinski definition) is 1. The molecule has 0 saturated carbocycles. The summed E-state index contributed by atoms with van der Waals surface area (Å²) in [7, 11) is 1.55. The Hall–Kier alpha value is -3.32. The number of nitrogens with one attached hydrogen (secondary N) is 1. The van der Waals surface area contributed by atoms with E-state index >= 15 is 0 Å². The molecule has 0 aliphatic rings. The number of aromatic amines is 1. The van der Waals surface area contributed by atoms with E-state index in [1.165, 1.54) is 0 Å². The molecule has 0 spiro atoms. The van der Waals surface area contributed by atoms with E-state index in [2.05, 4.69) is 5.10 Å². The molecule has 3 rings (SSSR count). The van der Waals surface area contributed by atoms with Gasteiger partial charge in [-0.2, -0.15) is 0 Å². The minimum Gasteiger partial charge on any atom is -0.497 e. The van der Waals surface area contributed by atoms with Gasteiger partial charge in [-0.1, -0.05) is 42.8 Å². The number of carbonyl (C=O) groups is 2. The number of ketones is 1. The zero-order chi connectivity index (χ0) is 21.0. The number of rotatable bonds is 7. The SMILES string of the molecule is CCC(=O)Oc1[nH]n(-c2ccccc2Cl)c(=O)c1C(=O)Cc1ccc(OC)cc1. The molecule has 8 heteroatoms. The van der Waals surface area contributed by atoms with Gasteiger partial charge in [0.15, 0.2) is 5.78 Å². The quantitative estimate of drug-likeness (QED) is 0.471. The Labute approximate surface area is 171 Å². The molecule has 0 fully saturated rings. The molecule has 29 heavy (non-hydrogen) atoms. The van der Waals surface area contributed by atoms with E-state index in [-0.39, 0.29) is 24.3 Å². The standard InChI is InChI=1S/C21H19ClN2O5/c1-3-18(26)29-20-19(17(25)12-13-8-10-14(28-2)11-9-13)21(27)24(23-20)16-7-5-4-6-15(16)22/h4-11,23H,3,12H2,1-2H3. The third kappa shape index (κ3) is 4.41. The second-order valence-electron chi connectivity index (χ2n) is 6.18. The molecule has 0 aliphatic heterocycles. The highest BCUT2D eigenvalue weighted by Gasteiger charge is 2.25. The van der Waals surface area contributed by atoms with Gasteiger partial charge in [0.05, 0.1) is 17.8 Å². The fraction of sp³-hybridized carbons (Fsp3) is 0.190. The van der Waals surface area contributed by atoms with E-state index in [1.807, 2.05) is 0 Å². The summed E-state index contributed by atoms with van der Waals surface area (Å²) in [5.41, 5.74) is 0.156. The average Bonchev–Trinajstić information content (AvgIpc) is 3.04. The van der Waals surface area contributed by atoms with E-state index in [0.29, 0.717) is 22.0 Å². The van der Waals surface area contributed by atoms with Crippen LogP contribution in [0.2, 0.25) is 5.02 Å². The van der Waals surface area contributed by atoms with E-state index in [1.54, 1.807) is 62.6 Å². The number of methoxy groups -OCH3 is 1. The first-order valence-corrected chi connectivity index (χ1v) is 9.29. The zero-order valence-corrected chi connectivity index (χ0v) is 16.7. The number of ether oxygens (including phenoxy) is 2. The molecular weight excluding hydrogens is 396 g/mol. The van der Waals surface area contributed by atoms with Gasteiger partial charge in [0.2, 0.25) is 5.88 Å². The lowest BCUT2D eigenvalue weighted by Gasteiger charge is -2.04. The van der Waals surface area contributed by atoms with Crippen LogP contribution in [0, 0.1) is 0 Å². The van der Waals surface area contributed by atoms with Crippen molar-refractivity contribution in [3.63, 3.8) is 0 Å². The van der Waals surface area contributed by atoms with Crippen molar-refractivity contribution < 1.29 is 19.1 Å². The first-order chi connectivity index (χ1) is 13.9. The van der Waals surface area contributed by atoms with Crippen molar-refractivity contribution in [3.8, 4) is 17.3 Å². The van der Waals surface area contributed by atoms with Gasteiger partial charge in [-0.3, -0.25) is 19.5 Å². The maximum atomic E-state index is 13.0.